The topological polar surface area (TPSA) is 105 Å². The number of anilines is 1. The maximum atomic E-state index is 12.9. The Morgan fingerprint density at radius 2 is 2.04 bits per heavy atom. The Balaban J connectivity index is 2.23. The summed E-state index contributed by atoms with van der Waals surface area (Å²) in [4.78, 5) is 37.7. The molecule has 4 N–H and O–H groups in total. The normalized spacial score (nSPS) is 19.9. The summed E-state index contributed by atoms with van der Waals surface area (Å²) in [6, 6.07) is 4.34. The van der Waals surface area contributed by atoms with Crippen molar-refractivity contribution in [2.75, 3.05) is 18.4 Å². The van der Waals surface area contributed by atoms with Crippen LogP contribution in [0.5, 0.6) is 0 Å². The van der Waals surface area contributed by atoms with Crippen LogP contribution in [0.25, 0.3) is 0 Å². The molecule has 1 heterocycles. The molecule has 1 aromatic carbocycles. The van der Waals surface area contributed by atoms with Gasteiger partial charge >= 0.3 is 0 Å². The lowest BCUT2D eigenvalue weighted by atomic mass is 10.1. The highest BCUT2D eigenvalue weighted by atomic mass is 16.2. The predicted molar refractivity (Wildman–Crippen MR) is 91.6 cm³/mol. The average molecular weight is 332 g/mol. The van der Waals surface area contributed by atoms with Gasteiger partial charge in [-0.05, 0) is 44.0 Å². The first-order valence-corrected chi connectivity index (χ1v) is 8.06. The molecular weight excluding hydrogens is 308 g/mol. The van der Waals surface area contributed by atoms with Gasteiger partial charge in [0.05, 0.1) is 0 Å². The molecule has 0 aromatic heterocycles. The number of carbonyl (C=O) groups excluding carboxylic acids is 3. The van der Waals surface area contributed by atoms with Crippen LogP contribution in [0.2, 0.25) is 0 Å². The summed E-state index contributed by atoms with van der Waals surface area (Å²) in [5.41, 5.74) is 7.84. The van der Waals surface area contributed by atoms with Crippen LogP contribution in [0.1, 0.15) is 36.2 Å². The third-order valence-electron chi connectivity index (χ3n) is 4.03. The summed E-state index contributed by atoms with van der Waals surface area (Å²) in [5, 5.41) is 5.44. The van der Waals surface area contributed by atoms with E-state index in [2.05, 4.69) is 10.6 Å². The van der Waals surface area contributed by atoms with E-state index >= 15 is 0 Å². The van der Waals surface area contributed by atoms with E-state index in [1.54, 1.807) is 25.1 Å². The zero-order chi connectivity index (χ0) is 17.9. The fraction of sp³-hybridized carbons (Fsp3) is 0.471. The molecule has 2 atom stereocenters. The number of benzene rings is 1. The van der Waals surface area contributed by atoms with Crippen LogP contribution in [-0.2, 0) is 9.59 Å². The first-order chi connectivity index (χ1) is 11.3. The second-order valence-corrected chi connectivity index (χ2v) is 6.07. The minimum Gasteiger partial charge on any atom is -0.355 e. The molecule has 130 valence electrons. The number of carbonyl (C=O) groups is 3. The molecule has 7 heteroatoms. The molecule has 0 radical (unpaired) electrons. The molecule has 1 saturated heterocycles. The minimum atomic E-state index is -0.540. The number of hydrogen-bond donors (Lipinski definition) is 3. The molecule has 0 saturated carbocycles. The number of likely N-dealkylation sites (N-methyl/N-ethyl adjacent to an activating group) is 1. The third kappa shape index (κ3) is 3.91. The number of aryl methyl sites for hydroxylation is 1. The van der Waals surface area contributed by atoms with Crippen molar-refractivity contribution in [1.29, 1.82) is 0 Å². The zero-order valence-corrected chi connectivity index (χ0v) is 14.3. The second kappa shape index (κ2) is 7.44. The van der Waals surface area contributed by atoms with Crippen molar-refractivity contribution >= 4 is 23.4 Å². The summed E-state index contributed by atoms with van der Waals surface area (Å²) < 4.78 is 0. The number of nitrogens with zero attached hydrogens (tertiary/aromatic N) is 1. The maximum absolute atomic E-state index is 12.9. The van der Waals surface area contributed by atoms with Crippen LogP contribution < -0.4 is 16.4 Å². The van der Waals surface area contributed by atoms with Crippen molar-refractivity contribution in [3.05, 3.63) is 29.3 Å². The smallest absolute Gasteiger partial charge is 0.254 e. The summed E-state index contributed by atoms with van der Waals surface area (Å²) >= 11 is 0. The SMILES string of the molecule is CCNC(=O)[C@@H]1C[C@H](N)CN1C(=O)c1ccc(NC(C)=O)cc1C. The molecule has 24 heavy (non-hydrogen) atoms. The van der Waals surface area contributed by atoms with Crippen LogP contribution in [-0.4, -0.2) is 47.8 Å². The first kappa shape index (κ1) is 17.9. The molecule has 1 aliphatic heterocycles. The zero-order valence-electron chi connectivity index (χ0n) is 14.3. The second-order valence-electron chi connectivity index (χ2n) is 6.07. The number of likely N-dealkylation sites (tertiary alicyclic amines) is 1. The van der Waals surface area contributed by atoms with Crippen LogP contribution >= 0.6 is 0 Å². The van der Waals surface area contributed by atoms with Crippen molar-refractivity contribution < 1.29 is 14.4 Å². The Morgan fingerprint density at radius 1 is 1.33 bits per heavy atom. The number of hydrogen-bond acceptors (Lipinski definition) is 4. The predicted octanol–water partition coefficient (Wildman–Crippen LogP) is 0.631. The molecule has 0 aliphatic carbocycles. The maximum Gasteiger partial charge on any atom is 0.254 e. The van der Waals surface area contributed by atoms with Crippen LogP contribution in [0, 0.1) is 6.92 Å². The molecule has 1 fully saturated rings. The van der Waals surface area contributed by atoms with E-state index in [0.717, 1.165) is 5.56 Å². The lowest BCUT2D eigenvalue weighted by Crippen LogP contribution is -2.46. The van der Waals surface area contributed by atoms with Gasteiger partial charge in [-0.2, -0.15) is 0 Å². The third-order valence-corrected chi connectivity index (χ3v) is 4.03. The molecule has 0 unspecified atom stereocenters. The van der Waals surface area contributed by atoms with Crippen molar-refractivity contribution in [2.45, 2.75) is 39.3 Å². The fourth-order valence-corrected chi connectivity index (χ4v) is 2.97. The van der Waals surface area contributed by atoms with Crippen molar-refractivity contribution in [3.63, 3.8) is 0 Å². The molecule has 1 aliphatic rings. The van der Waals surface area contributed by atoms with Gasteiger partial charge < -0.3 is 21.3 Å². The van der Waals surface area contributed by atoms with Gasteiger partial charge in [-0.1, -0.05) is 0 Å². The minimum absolute atomic E-state index is 0.171. The summed E-state index contributed by atoms with van der Waals surface area (Å²) in [7, 11) is 0. The molecular formula is C17H24N4O3. The van der Waals surface area contributed by atoms with Gasteiger partial charge in [0, 0.05) is 37.3 Å². The highest BCUT2D eigenvalue weighted by Crippen LogP contribution is 2.23. The lowest BCUT2D eigenvalue weighted by Gasteiger charge is -2.24. The Hall–Kier alpha value is -2.41. The van der Waals surface area contributed by atoms with E-state index < -0.39 is 6.04 Å². The number of rotatable bonds is 4. The number of amides is 3. The number of nitrogens with one attached hydrogen (secondary N) is 2. The number of nitrogens with two attached hydrogens (primary N) is 1. The highest BCUT2D eigenvalue weighted by molar-refractivity contribution is 6.00. The molecule has 7 nitrogen and oxygen atoms in total. The molecule has 0 bridgehead atoms. The standard InChI is InChI=1S/C17H24N4O3/c1-4-19-16(23)15-8-12(18)9-21(15)17(24)14-6-5-13(7-10(14)2)20-11(3)22/h5-7,12,15H,4,8-9,18H2,1-3H3,(H,19,23)(H,20,22)/t12-,15-/m0/s1. The first-order valence-electron chi connectivity index (χ1n) is 8.06. The van der Waals surface area contributed by atoms with Crippen molar-refractivity contribution in [1.82, 2.24) is 10.2 Å². The van der Waals surface area contributed by atoms with Gasteiger partial charge in [0.15, 0.2) is 0 Å². The summed E-state index contributed by atoms with van der Waals surface area (Å²) in [6.07, 6.45) is 0.459. The Bertz CT molecular complexity index is 659. The van der Waals surface area contributed by atoms with E-state index in [-0.39, 0.29) is 23.8 Å². The van der Waals surface area contributed by atoms with Crippen molar-refractivity contribution in [3.8, 4) is 0 Å². The van der Waals surface area contributed by atoms with Gasteiger partial charge in [-0.25, -0.2) is 0 Å². The Labute approximate surface area is 141 Å². The Kier molecular flexibility index (Phi) is 5.56. The molecule has 2 rings (SSSR count). The van der Waals surface area contributed by atoms with E-state index in [4.69, 9.17) is 5.73 Å². The van der Waals surface area contributed by atoms with Gasteiger partial charge in [0.2, 0.25) is 11.8 Å². The summed E-state index contributed by atoms with van der Waals surface area (Å²) in [6.45, 7) is 5.93. The quantitative estimate of drug-likeness (QED) is 0.752. The van der Waals surface area contributed by atoms with Gasteiger partial charge in [0.25, 0.3) is 5.91 Å². The molecule has 3 amide bonds. The Morgan fingerprint density at radius 3 is 2.62 bits per heavy atom. The van der Waals surface area contributed by atoms with E-state index in [0.29, 0.717) is 30.8 Å². The van der Waals surface area contributed by atoms with E-state index in [1.165, 1.54) is 11.8 Å². The van der Waals surface area contributed by atoms with Gasteiger partial charge in [0.1, 0.15) is 6.04 Å². The van der Waals surface area contributed by atoms with Crippen LogP contribution in [0.15, 0.2) is 18.2 Å². The van der Waals surface area contributed by atoms with Gasteiger partial charge in [-0.3, -0.25) is 14.4 Å². The van der Waals surface area contributed by atoms with Gasteiger partial charge in [-0.15, -0.1) is 0 Å². The van der Waals surface area contributed by atoms with Crippen LogP contribution in [0.4, 0.5) is 5.69 Å². The van der Waals surface area contributed by atoms with Crippen LogP contribution in [0.3, 0.4) is 0 Å². The summed E-state index contributed by atoms with van der Waals surface area (Å²) in [5.74, 6) is -0.562. The van der Waals surface area contributed by atoms with E-state index in [9.17, 15) is 14.4 Å². The molecule has 0 spiro atoms. The highest BCUT2D eigenvalue weighted by Gasteiger charge is 2.38. The average Bonchev–Trinajstić information content (AvgIpc) is 2.88. The lowest BCUT2D eigenvalue weighted by molar-refractivity contribution is -0.124. The van der Waals surface area contributed by atoms with Crippen molar-refractivity contribution in [2.24, 2.45) is 5.73 Å². The van der Waals surface area contributed by atoms with E-state index in [1.807, 2.05) is 6.92 Å². The molecule has 1 aromatic rings. The fourth-order valence-electron chi connectivity index (χ4n) is 2.97. The monoisotopic (exact) mass is 332 g/mol. The largest absolute Gasteiger partial charge is 0.355 e.